The highest BCUT2D eigenvalue weighted by molar-refractivity contribution is 6.00. The van der Waals surface area contributed by atoms with Crippen LogP contribution < -0.4 is 10.2 Å². The summed E-state index contributed by atoms with van der Waals surface area (Å²) in [5, 5.41) is 6.94. The number of urea groups is 1. The molecule has 1 saturated heterocycles. The highest BCUT2D eigenvalue weighted by atomic mass is 19.4. The van der Waals surface area contributed by atoms with Crippen molar-refractivity contribution in [1.82, 2.24) is 20.0 Å². The van der Waals surface area contributed by atoms with Crippen molar-refractivity contribution in [3.63, 3.8) is 0 Å². The number of nitrogens with one attached hydrogen (secondary N) is 1. The SMILES string of the molecule is Cn1ncc2ccc(-c3cccc(N(Cc4ccc(C(=O)CNC(=O)C(F)(F)F)cc4)C(=O)N4CCCCC4)c3)cc21. The number of anilines is 1. The third-order valence-corrected chi connectivity index (χ3v) is 7.38. The van der Waals surface area contributed by atoms with Crippen LogP contribution in [0.4, 0.5) is 23.7 Å². The predicted molar refractivity (Wildman–Crippen MR) is 153 cm³/mol. The number of aromatic nitrogens is 2. The molecule has 1 fully saturated rings. The maximum atomic E-state index is 13.8. The minimum atomic E-state index is -5.06. The average Bonchev–Trinajstić information content (AvgIpc) is 3.38. The number of halogens is 3. The zero-order valence-corrected chi connectivity index (χ0v) is 23.0. The van der Waals surface area contributed by atoms with Crippen molar-refractivity contribution >= 4 is 34.3 Å². The molecule has 218 valence electrons. The number of nitrogens with zero attached hydrogens (tertiary/aromatic N) is 4. The van der Waals surface area contributed by atoms with Crippen LogP contribution in [-0.4, -0.2) is 58.2 Å². The minimum Gasteiger partial charge on any atom is -0.341 e. The second kappa shape index (κ2) is 12.1. The Kier molecular flexibility index (Phi) is 8.28. The van der Waals surface area contributed by atoms with Crippen LogP contribution in [0.2, 0.25) is 0 Å². The molecular weight excluding hydrogens is 547 g/mol. The predicted octanol–water partition coefficient (Wildman–Crippen LogP) is 5.71. The van der Waals surface area contributed by atoms with E-state index in [4.69, 9.17) is 0 Å². The molecule has 4 aromatic rings. The third kappa shape index (κ3) is 6.45. The number of hydrogen-bond acceptors (Lipinski definition) is 4. The van der Waals surface area contributed by atoms with E-state index in [-0.39, 0.29) is 18.1 Å². The maximum absolute atomic E-state index is 13.8. The molecule has 0 atom stereocenters. The number of likely N-dealkylation sites (tertiary alicyclic amines) is 1. The van der Waals surface area contributed by atoms with E-state index < -0.39 is 24.4 Å². The first-order chi connectivity index (χ1) is 20.1. The Bertz CT molecular complexity index is 1610. The van der Waals surface area contributed by atoms with Gasteiger partial charge in [-0.05, 0) is 54.2 Å². The normalized spacial score (nSPS) is 13.7. The van der Waals surface area contributed by atoms with Crippen LogP contribution in [0.25, 0.3) is 22.0 Å². The number of benzene rings is 3. The highest BCUT2D eigenvalue weighted by Crippen LogP contribution is 2.29. The van der Waals surface area contributed by atoms with Gasteiger partial charge in [0.15, 0.2) is 5.78 Å². The largest absolute Gasteiger partial charge is 0.471 e. The number of Topliss-reactive ketones (excluding diaryl/α,β-unsaturated/α-hetero) is 1. The lowest BCUT2D eigenvalue weighted by Crippen LogP contribution is -2.45. The average molecular weight is 578 g/mol. The van der Waals surface area contributed by atoms with Crippen molar-refractivity contribution in [3.8, 4) is 11.1 Å². The summed E-state index contributed by atoms with van der Waals surface area (Å²) in [6.45, 7) is 0.792. The van der Waals surface area contributed by atoms with E-state index in [1.54, 1.807) is 22.3 Å². The topological polar surface area (TPSA) is 87.5 Å². The Balaban J connectivity index is 1.39. The summed E-state index contributed by atoms with van der Waals surface area (Å²) in [6.07, 6.45) is -0.296. The van der Waals surface area contributed by atoms with Crippen molar-refractivity contribution < 1.29 is 27.6 Å². The lowest BCUT2D eigenvalue weighted by Gasteiger charge is -2.33. The number of fused-ring (bicyclic) bond motifs is 1. The van der Waals surface area contributed by atoms with Gasteiger partial charge < -0.3 is 10.2 Å². The Morgan fingerprint density at radius 1 is 0.929 bits per heavy atom. The van der Waals surface area contributed by atoms with Crippen LogP contribution in [0.15, 0.2) is 72.9 Å². The zero-order valence-electron chi connectivity index (χ0n) is 23.0. The third-order valence-electron chi connectivity index (χ3n) is 7.38. The maximum Gasteiger partial charge on any atom is 0.471 e. The molecular formula is C31H30F3N5O3. The van der Waals surface area contributed by atoms with Crippen molar-refractivity contribution in [3.05, 3.63) is 84.1 Å². The Labute approximate surface area is 240 Å². The molecule has 1 aromatic heterocycles. The Hall–Kier alpha value is -4.67. The first-order valence-corrected chi connectivity index (χ1v) is 13.7. The van der Waals surface area contributed by atoms with Crippen LogP contribution in [-0.2, 0) is 18.4 Å². The van der Waals surface area contributed by atoms with Gasteiger partial charge in [0.25, 0.3) is 0 Å². The van der Waals surface area contributed by atoms with Gasteiger partial charge in [-0.25, -0.2) is 4.79 Å². The second-order valence-electron chi connectivity index (χ2n) is 10.3. The highest BCUT2D eigenvalue weighted by Gasteiger charge is 2.38. The quantitative estimate of drug-likeness (QED) is 0.285. The number of hydrogen-bond donors (Lipinski definition) is 1. The van der Waals surface area contributed by atoms with Gasteiger partial charge >= 0.3 is 18.1 Å². The lowest BCUT2D eigenvalue weighted by molar-refractivity contribution is -0.173. The van der Waals surface area contributed by atoms with Gasteiger partial charge in [-0.15, -0.1) is 0 Å². The van der Waals surface area contributed by atoms with E-state index in [1.165, 1.54) is 12.1 Å². The van der Waals surface area contributed by atoms with Crippen LogP contribution in [0.1, 0.15) is 35.2 Å². The molecule has 42 heavy (non-hydrogen) atoms. The van der Waals surface area contributed by atoms with Gasteiger partial charge in [-0.1, -0.05) is 48.5 Å². The molecule has 2 heterocycles. The number of carbonyl (C=O) groups is 3. The van der Waals surface area contributed by atoms with Crippen molar-refractivity contribution in [2.24, 2.45) is 7.05 Å². The van der Waals surface area contributed by atoms with Gasteiger partial charge in [0.2, 0.25) is 0 Å². The first-order valence-electron chi connectivity index (χ1n) is 13.7. The monoisotopic (exact) mass is 577 g/mol. The molecule has 1 N–H and O–H groups in total. The molecule has 11 heteroatoms. The van der Waals surface area contributed by atoms with Gasteiger partial charge in [-0.2, -0.15) is 18.3 Å². The fourth-order valence-corrected chi connectivity index (χ4v) is 5.04. The van der Waals surface area contributed by atoms with E-state index >= 15 is 0 Å². The van der Waals surface area contributed by atoms with E-state index in [9.17, 15) is 27.6 Å². The number of piperidine rings is 1. The smallest absolute Gasteiger partial charge is 0.341 e. The van der Waals surface area contributed by atoms with Gasteiger partial charge in [0.1, 0.15) is 0 Å². The van der Waals surface area contributed by atoms with Crippen molar-refractivity contribution in [1.29, 1.82) is 0 Å². The molecule has 0 bridgehead atoms. The molecule has 0 spiro atoms. The van der Waals surface area contributed by atoms with Crippen LogP contribution in [0, 0.1) is 0 Å². The van der Waals surface area contributed by atoms with E-state index in [0.29, 0.717) is 18.8 Å². The van der Waals surface area contributed by atoms with E-state index in [1.807, 2.05) is 59.2 Å². The molecule has 0 radical (unpaired) electrons. The standard InChI is InChI=1S/C31H30F3N5O3/c1-37-27-17-24(12-13-25(27)18-36-37)23-6-5-7-26(16-23)39(30(42)38-14-3-2-4-15-38)20-21-8-10-22(11-9-21)28(40)19-35-29(41)31(32,33)34/h5-13,16-18H,2-4,14-15,19-20H2,1H3,(H,35,41). The fourth-order valence-electron chi connectivity index (χ4n) is 5.04. The molecule has 1 aliphatic rings. The molecule has 0 aliphatic carbocycles. The summed E-state index contributed by atoms with van der Waals surface area (Å²) in [7, 11) is 1.89. The van der Waals surface area contributed by atoms with Crippen molar-refractivity contribution in [2.45, 2.75) is 32.0 Å². The number of amides is 3. The van der Waals surface area contributed by atoms with Gasteiger partial charge in [0, 0.05) is 36.8 Å². The minimum absolute atomic E-state index is 0.121. The number of carbonyl (C=O) groups excluding carboxylic acids is 3. The van der Waals surface area contributed by atoms with Crippen LogP contribution >= 0.6 is 0 Å². The molecule has 1 aliphatic heterocycles. The molecule has 3 aromatic carbocycles. The number of ketones is 1. The Morgan fingerprint density at radius 2 is 1.64 bits per heavy atom. The van der Waals surface area contributed by atoms with Crippen molar-refractivity contribution in [2.75, 3.05) is 24.5 Å². The summed E-state index contributed by atoms with van der Waals surface area (Å²) in [6, 6.07) is 20.0. The Morgan fingerprint density at radius 3 is 2.36 bits per heavy atom. The zero-order chi connectivity index (χ0) is 29.9. The molecule has 8 nitrogen and oxygen atoms in total. The molecule has 0 saturated carbocycles. The molecule has 5 rings (SSSR count). The second-order valence-corrected chi connectivity index (χ2v) is 10.3. The fraction of sp³-hybridized carbons (Fsp3) is 0.290. The number of alkyl halides is 3. The summed E-state index contributed by atoms with van der Waals surface area (Å²) in [4.78, 5) is 40.7. The van der Waals surface area contributed by atoms with E-state index in [2.05, 4.69) is 11.2 Å². The summed E-state index contributed by atoms with van der Waals surface area (Å²) in [5.41, 5.74) is 4.52. The lowest BCUT2D eigenvalue weighted by atomic mass is 10.0. The molecule has 0 unspecified atom stereocenters. The summed E-state index contributed by atoms with van der Waals surface area (Å²) >= 11 is 0. The van der Waals surface area contributed by atoms with Gasteiger partial charge in [0.05, 0.1) is 24.8 Å². The van der Waals surface area contributed by atoms with Crippen LogP contribution in [0.3, 0.4) is 0 Å². The number of rotatable bonds is 7. The summed E-state index contributed by atoms with van der Waals surface area (Å²) in [5.74, 6) is -2.82. The number of aryl methyl sites for hydroxylation is 1. The van der Waals surface area contributed by atoms with E-state index in [0.717, 1.165) is 46.9 Å². The molecule has 3 amide bonds. The summed E-state index contributed by atoms with van der Waals surface area (Å²) < 4.78 is 39.1. The first kappa shape index (κ1) is 28.8. The van der Waals surface area contributed by atoms with Crippen LogP contribution in [0.5, 0.6) is 0 Å². The van der Waals surface area contributed by atoms with Gasteiger partial charge in [-0.3, -0.25) is 19.2 Å².